The third-order valence-electron chi connectivity index (χ3n) is 13.8. The van der Waals surface area contributed by atoms with E-state index in [0.29, 0.717) is 47.4 Å². The molecule has 2 bridgehead atoms. The minimum absolute atomic E-state index is 0.0255. The van der Waals surface area contributed by atoms with Crippen LogP contribution in [0.2, 0.25) is 0 Å². The molecule has 14 heteroatoms. The predicted octanol–water partition coefficient (Wildman–Crippen LogP) is 5.32. The number of ether oxygens (including phenoxy) is 6. The van der Waals surface area contributed by atoms with Gasteiger partial charge in [-0.15, -0.1) is 11.8 Å². The molecule has 13 nitrogen and oxygen atoms in total. The van der Waals surface area contributed by atoms with Gasteiger partial charge in [0.2, 0.25) is 6.79 Å². The van der Waals surface area contributed by atoms with E-state index in [1.165, 1.54) is 6.92 Å². The highest BCUT2D eigenvalue weighted by molar-refractivity contribution is 7.99. The number of fused-ring (bicyclic) bond motifs is 10. The zero-order valence-electron chi connectivity index (χ0n) is 32.2. The molecule has 3 aromatic carbocycles. The van der Waals surface area contributed by atoms with Crippen molar-refractivity contribution in [2.45, 2.75) is 81.0 Å². The third-order valence-corrected chi connectivity index (χ3v) is 15.2. The summed E-state index contributed by atoms with van der Waals surface area (Å²) in [4.78, 5) is 36.6. The molecular weight excluding hydrogens is 737 g/mol. The van der Waals surface area contributed by atoms with Crippen LogP contribution in [0.25, 0.3) is 10.9 Å². The van der Waals surface area contributed by atoms with Gasteiger partial charge in [0.05, 0.1) is 37.2 Å². The van der Waals surface area contributed by atoms with Gasteiger partial charge in [-0.1, -0.05) is 0 Å². The number of phenols is 1. The highest BCUT2D eigenvalue weighted by Crippen LogP contribution is 2.69. The van der Waals surface area contributed by atoms with Crippen molar-refractivity contribution in [3.8, 4) is 34.5 Å². The smallest absolute Gasteiger partial charge is 0.333 e. The van der Waals surface area contributed by atoms with Crippen LogP contribution >= 0.6 is 11.8 Å². The van der Waals surface area contributed by atoms with Gasteiger partial charge in [-0.25, -0.2) is 4.79 Å². The maximum Gasteiger partial charge on any atom is 0.333 e. The van der Waals surface area contributed by atoms with Gasteiger partial charge in [0.25, 0.3) is 0 Å². The summed E-state index contributed by atoms with van der Waals surface area (Å²) < 4.78 is 36.6. The molecule has 3 N–H and O–H groups in total. The molecule has 0 saturated carbocycles. The standard InChI is InChI=1S/C42H44N4O9S/c1-18-11-25-28(33(48)34(18)51-6)31-32-38-30-29(37-36(53-17-54-37)19(2)35(30)55-20(3)47)27(45(32)14-21-13-41(25,4)46(21)31)15-52-40(49)42(16-56-38)39-23(9-10-43-42)24-12-22(50-5)7-8-26(24)44-39/h7-8,11-12,21,27,31-32,38,43-44,48H,9-10,13-17H2,1-6H3/t21-,27+,31?,32?,38-,41?,42-/m1/s1. The first-order valence-electron chi connectivity index (χ1n) is 19.3. The lowest BCUT2D eigenvalue weighted by molar-refractivity contribution is -0.174. The summed E-state index contributed by atoms with van der Waals surface area (Å²) in [5.74, 6) is 2.49. The van der Waals surface area contributed by atoms with E-state index in [0.717, 1.165) is 68.6 Å². The van der Waals surface area contributed by atoms with Crippen molar-refractivity contribution in [2.24, 2.45) is 0 Å². The Balaban J connectivity index is 1.15. The number of thioether (sulfide) groups is 1. The van der Waals surface area contributed by atoms with E-state index in [1.807, 2.05) is 32.0 Å². The Hall–Kier alpha value is -4.63. The van der Waals surface area contributed by atoms with Crippen molar-refractivity contribution in [2.75, 3.05) is 46.5 Å². The SMILES string of the molecule is COc1ccc2[nH]c3c(c2c1)CCN[C@]31CS[C@@H]2c3c(OC(C)=O)c(C)c4c(c3[C@H](COC1=O)N1C[C@H]3CC5(C)c6cc(C)c(OC)c(O)c6C(C21)N35)OCO4. The van der Waals surface area contributed by atoms with Crippen molar-refractivity contribution in [3.05, 3.63) is 68.9 Å². The second-order valence-corrected chi connectivity index (χ2v) is 17.6. The number of carbonyl (C=O) groups excluding carboxylic acids is 2. The summed E-state index contributed by atoms with van der Waals surface area (Å²) in [5.41, 5.74) is 6.52. The monoisotopic (exact) mass is 780 g/mol. The van der Waals surface area contributed by atoms with E-state index >= 15 is 0 Å². The Bertz CT molecular complexity index is 2430. The van der Waals surface area contributed by atoms with Crippen molar-refractivity contribution in [1.82, 2.24) is 20.1 Å². The van der Waals surface area contributed by atoms with Gasteiger partial charge in [-0.3, -0.25) is 19.9 Å². The fourth-order valence-electron chi connectivity index (χ4n) is 11.6. The molecule has 3 fully saturated rings. The number of aryl methyl sites for hydroxylation is 1. The van der Waals surface area contributed by atoms with Crippen molar-refractivity contribution in [3.63, 3.8) is 0 Å². The van der Waals surface area contributed by atoms with Crippen LogP contribution in [0.3, 0.4) is 0 Å². The second-order valence-electron chi connectivity index (χ2n) is 16.5. The van der Waals surface area contributed by atoms with Crippen LogP contribution in [0.1, 0.15) is 82.2 Å². The summed E-state index contributed by atoms with van der Waals surface area (Å²) in [6.45, 7) is 8.92. The highest BCUT2D eigenvalue weighted by Gasteiger charge is 2.68. The Kier molecular flexibility index (Phi) is 7.24. The normalized spacial score (nSPS) is 30.8. The van der Waals surface area contributed by atoms with Crippen LogP contribution in [-0.4, -0.2) is 90.4 Å². The van der Waals surface area contributed by atoms with Crippen LogP contribution in [0.5, 0.6) is 34.5 Å². The first-order chi connectivity index (χ1) is 27.0. The number of methoxy groups -OCH3 is 2. The number of hydrogen-bond acceptors (Lipinski definition) is 13. The number of nitrogens with one attached hydrogen (secondary N) is 2. The van der Waals surface area contributed by atoms with Crippen molar-refractivity contribution < 1.29 is 43.1 Å². The lowest BCUT2D eigenvalue weighted by Crippen LogP contribution is -2.71. The Labute approximate surface area is 327 Å². The molecule has 3 unspecified atom stereocenters. The number of esters is 2. The maximum atomic E-state index is 14.9. The molecular formula is C42H44N4O9S. The summed E-state index contributed by atoms with van der Waals surface area (Å²) >= 11 is 1.65. The number of benzene rings is 3. The van der Waals surface area contributed by atoms with Crippen LogP contribution in [0.4, 0.5) is 0 Å². The number of aromatic hydroxyl groups is 1. The number of nitrogens with zero attached hydrogens (tertiary/aromatic N) is 2. The summed E-state index contributed by atoms with van der Waals surface area (Å²) in [6, 6.07) is 7.35. The van der Waals surface area contributed by atoms with Gasteiger partial charge in [0.15, 0.2) is 28.5 Å². The van der Waals surface area contributed by atoms with E-state index in [1.54, 1.807) is 26.0 Å². The minimum atomic E-state index is -1.21. The van der Waals surface area contributed by atoms with Crippen molar-refractivity contribution >= 4 is 34.6 Å². The quantitative estimate of drug-likeness (QED) is 0.183. The van der Waals surface area contributed by atoms with Gasteiger partial charge < -0.3 is 38.5 Å². The zero-order valence-corrected chi connectivity index (χ0v) is 33.0. The van der Waals surface area contributed by atoms with Gasteiger partial charge in [0.1, 0.15) is 18.1 Å². The Morgan fingerprint density at radius 3 is 2.66 bits per heavy atom. The molecule has 9 heterocycles. The van der Waals surface area contributed by atoms with Crippen LogP contribution in [0, 0.1) is 13.8 Å². The predicted molar refractivity (Wildman–Crippen MR) is 206 cm³/mol. The molecule has 0 aliphatic carbocycles. The van der Waals surface area contributed by atoms with Crippen LogP contribution in [0.15, 0.2) is 24.3 Å². The largest absolute Gasteiger partial charge is 0.504 e. The number of carbonyl (C=O) groups is 2. The highest BCUT2D eigenvalue weighted by atomic mass is 32.2. The van der Waals surface area contributed by atoms with Crippen LogP contribution in [-0.2, 0) is 31.8 Å². The molecule has 1 aromatic heterocycles. The number of aromatic nitrogens is 1. The molecule has 56 heavy (non-hydrogen) atoms. The average molecular weight is 781 g/mol. The molecule has 1 spiro atoms. The van der Waals surface area contributed by atoms with E-state index in [9.17, 15) is 14.7 Å². The third kappa shape index (κ3) is 4.22. The molecule has 12 rings (SSSR count). The van der Waals surface area contributed by atoms with E-state index in [-0.39, 0.29) is 54.0 Å². The first kappa shape index (κ1) is 34.6. The summed E-state index contributed by atoms with van der Waals surface area (Å²) in [5, 5.41) is 16.5. The summed E-state index contributed by atoms with van der Waals surface area (Å²) in [6.07, 6.45) is 1.63. The number of rotatable bonds is 3. The van der Waals surface area contributed by atoms with Gasteiger partial charge in [-0.2, -0.15) is 0 Å². The number of H-pyrrole nitrogens is 1. The Morgan fingerprint density at radius 2 is 1.88 bits per heavy atom. The molecule has 8 aliphatic rings. The maximum absolute atomic E-state index is 14.9. The molecule has 4 aromatic rings. The fraction of sp³-hybridized carbons (Fsp3) is 0.476. The van der Waals surface area contributed by atoms with Gasteiger partial charge >= 0.3 is 11.9 Å². The molecule has 8 aliphatic heterocycles. The lowest BCUT2D eigenvalue weighted by Gasteiger charge is -2.65. The fourth-order valence-corrected chi connectivity index (χ4v) is 13.3. The number of aromatic amines is 1. The number of phenolic OH excluding ortho intramolecular Hbond substituents is 1. The van der Waals surface area contributed by atoms with E-state index < -0.39 is 17.6 Å². The molecule has 3 saturated heterocycles. The molecule has 0 radical (unpaired) electrons. The molecule has 292 valence electrons. The minimum Gasteiger partial charge on any atom is -0.504 e. The van der Waals surface area contributed by atoms with Gasteiger partial charge in [-0.05, 0) is 74.6 Å². The number of piperazine rings is 1. The van der Waals surface area contributed by atoms with E-state index in [4.69, 9.17) is 28.4 Å². The Morgan fingerprint density at radius 1 is 1.05 bits per heavy atom. The lowest BCUT2D eigenvalue weighted by atomic mass is 9.73. The molecule has 0 amide bonds. The average Bonchev–Trinajstić information content (AvgIpc) is 3.87. The first-order valence-corrected chi connectivity index (χ1v) is 20.4. The van der Waals surface area contributed by atoms with Crippen LogP contribution < -0.4 is 29.0 Å². The summed E-state index contributed by atoms with van der Waals surface area (Å²) in [7, 11) is 3.26. The topological polar surface area (TPSA) is 144 Å². The molecule has 7 atom stereocenters. The number of hydrogen-bond donors (Lipinski definition) is 3. The van der Waals surface area contributed by atoms with Crippen molar-refractivity contribution in [1.29, 1.82) is 0 Å². The second kappa shape index (κ2) is 11.7. The zero-order chi connectivity index (χ0) is 38.6. The van der Waals surface area contributed by atoms with E-state index in [2.05, 4.69) is 33.1 Å². The van der Waals surface area contributed by atoms with Gasteiger partial charge in [0, 0.05) is 76.5 Å².